The highest BCUT2D eigenvalue weighted by molar-refractivity contribution is 6.00. The smallest absolute Gasteiger partial charge is 0.0438 e. The van der Waals surface area contributed by atoms with Crippen molar-refractivity contribution in [3.8, 4) is 0 Å². The molecular formula is C14H16N2. The Morgan fingerprint density at radius 1 is 1.19 bits per heavy atom. The molecule has 0 aliphatic carbocycles. The summed E-state index contributed by atoms with van der Waals surface area (Å²) < 4.78 is 0. The fourth-order valence-corrected chi connectivity index (χ4v) is 2.63. The normalized spacial score (nSPS) is 14.2. The zero-order valence-electron chi connectivity index (χ0n) is 9.75. The van der Waals surface area contributed by atoms with Gasteiger partial charge in [0, 0.05) is 37.4 Å². The van der Waals surface area contributed by atoms with Gasteiger partial charge < -0.3 is 10.2 Å². The van der Waals surface area contributed by atoms with E-state index >= 15 is 0 Å². The Kier molecular flexibility index (Phi) is 2.03. The lowest BCUT2D eigenvalue weighted by Gasteiger charge is -2.15. The molecule has 0 unspecified atom stereocenters. The summed E-state index contributed by atoms with van der Waals surface area (Å²) >= 11 is 0. The van der Waals surface area contributed by atoms with Gasteiger partial charge in [-0.25, -0.2) is 0 Å². The van der Waals surface area contributed by atoms with Gasteiger partial charge in [0.25, 0.3) is 0 Å². The molecule has 2 heteroatoms. The van der Waals surface area contributed by atoms with E-state index in [0.717, 1.165) is 13.0 Å². The van der Waals surface area contributed by atoms with Crippen LogP contribution in [0, 0.1) is 0 Å². The third-order valence-electron chi connectivity index (χ3n) is 3.51. The molecule has 0 radical (unpaired) electrons. The number of anilines is 2. The standard InChI is InChI=1S/C14H16N2/c1-15-13-9-14-12(7-8-16(14)2)10-5-3-4-6-11(10)13/h3-6,9,15H,7-8H2,1-2H3. The van der Waals surface area contributed by atoms with Crippen LogP contribution in [0.3, 0.4) is 0 Å². The molecule has 2 aromatic carbocycles. The zero-order valence-corrected chi connectivity index (χ0v) is 9.75. The van der Waals surface area contributed by atoms with E-state index in [-0.39, 0.29) is 0 Å². The molecule has 2 nitrogen and oxygen atoms in total. The molecule has 2 aromatic rings. The molecule has 82 valence electrons. The molecule has 0 atom stereocenters. The van der Waals surface area contributed by atoms with E-state index < -0.39 is 0 Å². The first-order chi connectivity index (χ1) is 7.81. The fourth-order valence-electron chi connectivity index (χ4n) is 2.63. The zero-order chi connectivity index (χ0) is 11.1. The van der Waals surface area contributed by atoms with Crippen LogP contribution in [0.1, 0.15) is 5.56 Å². The third kappa shape index (κ3) is 1.19. The quantitative estimate of drug-likeness (QED) is 0.782. The SMILES string of the molecule is CNc1cc2c(c3ccccc13)CCN2C. The number of nitrogens with one attached hydrogen (secondary N) is 1. The third-order valence-corrected chi connectivity index (χ3v) is 3.51. The maximum atomic E-state index is 3.29. The molecular weight excluding hydrogens is 196 g/mol. The summed E-state index contributed by atoms with van der Waals surface area (Å²) in [6.07, 6.45) is 1.16. The summed E-state index contributed by atoms with van der Waals surface area (Å²) in [6.45, 7) is 1.13. The maximum absolute atomic E-state index is 3.29. The van der Waals surface area contributed by atoms with Gasteiger partial charge in [0.1, 0.15) is 0 Å². The Balaban J connectivity index is 2.39. The van der Waals surface area contributed by atoms with Crippen molar-refractivity contribution in [2.75, 3.05) is 30.9 Å². The number of rotatable bonds is 1. The van der Waals surface area contributed by atoms with Crippen molar-refractivity contribution in [2.24, 2.45) is 0 Å². The second kappa shape index (κ2) is 3.41. The molecule has 0 saturated carbocycles. The largest absolute Gasteiger partial charge is 0.388 e. The Morgan fingerprint density at radius 2 is 1.94 bits per heavy atom. The average molecular weight is 212 g/mol. The minimum absolute atomic E-state index is 1.13. The van der Waals surface area contributed by atoms with Crippen LogP contribution in [0.15, 0.2) is 30.3 Å². The van der Waals surface area contributed by atoms with Gasteiger partial charge >= 0.3 is 0 Å². The van der Waals surface area contributed by atoms with Gasteiger partial charge in [-0.1, -0.05) is 24.3 Å². The predicted octanol–water partition coefficient (Wildman–Crippen LogP) is 2.87. The van der Waals surface area contributed by atoms with Crippen molar-refractivity contribution in [1.82, 2.24) is 0 Å². The number of likely N-dealkylation sites (N-methyl/N-ethyl adjacent to an activating group) is 1. The second-order valence-corrected chi connectivity index (χ2v) is 4.39. The van der Waals surface area contributed by atoms with E-state index in [0.29, 0.717) is 0 Å². The van der Waals surface area contributed by atoms with Crippen LogP contribution in [0.25, 0.3) is 10.8 Å². The lowest BCUT2D eigenvalue weighted by Crippen LogP contribution is -2.12. The Hall–Kier alpha value is -1.70. The summed E-state index contributed by atoms with van der Waals surface area (Å²) in [5, 5.41) is 6.02. The summed E-state index contributed by atoms with van der Waals surface area (Å²) in [4.78, 5) is 2.34. The van der Waals surface area contributed by atoms with Crippen LogP contribution in [0.4, 0.5) is 11.4 Å². The molecule has 0 spiro atoms. The highest BCUT2D eigenvalue weighted by atomic mass is 15.1. The molecule has 1 heterocycles. The van der Waals surface area contributed by atoms with Crippen LogP contribution in [-0.2, 0) is 6.42 Å². The van der Waals surface area contributed by atoms with E-state index in [9.17, 15) is 0 Å². The highest BCUT2D eigenvalue weighted by Gasteiger charge is 2.19. The predicted molar refractivity (Wildman–Crippen MR) is 70.5 cm³/mol. The van der Waals surface area contributed by atoms with Gasteiger partial charge in [-0.2, -0.15) is 0 Å². The number of nitrogens with zero attached hydrogens (tertiary/aromatic N) is 1. The van der Waals surface area contributed by atoms with Crippen LogP contribution in [-0.4, -0.2) is 20.6 Å². The van der Waals surface area contributed by atoms with Crippen LogP contribution < -0.4 is 10.2 Å². The van der Waals surface area contributed by atoms with Gasteiger partial charge in [0.05, 0.1) is 0 Å². The fraction of sp³-hybridized carbons (Fsp3) is 0.286. The average Bonchev–Trinajstić information content (AvgIpc) is 2.70. The lowest BCUT2D eigenvalue weighted by atomic mass is 10.0. The van der Waals surface area contributed by atoms with Crippen LogP contribution in [0.2, 0.25) is 0 Å². The molecule has 3 rings (SSSR count). The van der Waals surface area contributed by atoms with E-state index in [2.05, 4.69) is 47.6 Å². The summed E-state index contributed by atoms with van der Waals surface area (Å²) in [7, 11) is 4.16. The first-order valence-corrected chi connectivity index (χ1v) is 5.75. The molecule has 1 aliphatic heterocycles. The van der Waals surface area contributed by atoms with Crippen molar-refractivity contribution in [1.29, 1.82) is 0 Å². The minimum Gasteiger partial charge on any atom is -0.388 e. The topological polar surface area (TPSA) is 15.3 Å². The number of fused-ring (bicyclic) bond motifs is 3. The van der Waals surface area contributed by atoms with E-state index in [1.165, 1.54) is 27.7 Å². The molecule has 0 aromatic heterocycles. The summed E-state index contributed by atoms with van der Waals surface area (Å²) in [5.41, 5.74) is 4.10. The van der Waals surface area contributed by atoms with Crippen LogP contribution in [0.5, 0.6) is 0 Å². The minimum atomic E-state index is 1.13. The molecule has 0 bridgehead atoms. The van der Waals surface area contributed by atoms with Crippen molar-refractivity contribution >= 4 is 22.1 Å². The monoisotopic (exact) mass is 212 g/mol. The van der Waals surface area contributed by atoms with Crippen molar-refractivity contribution in [2.45, 2.75) is 6.42 Å². The van der Waals surface area contributed by atoms with E-state index in [1.807, 2.05) is 7.05 Å². The molecule has 1 aliphatic rings. The summed E-state index contributed by atoms with van der Waals surface area (Å²) in [6, 6.07) is 10.9. The van der Waals surface area contributed by atoms with Crippen molar-refractivity contribution in [3.63, 3.8) is 0 Å². The van der Waals surface area contributed by atoms with Crippen molar-refractivity contribution < 1.29 is 0 Å². The van der Waals surface area contributed by atoms with Crippen LogP contribution >= 0.6 is 0 Å². The summed E-state index contributed by atoms with van der Waals surface area (Å²) in [5.74, 6) is 0. The van der Waals surface area contributed by atoms with Crippen molar-refractivity contribution in [3.05, 3.63) is 35.9 Å². The lowest BCUT2D eigenvalue weighted by molar-refractivity contribution is 0.958. The van der Waals surface area contributed by atoms with Gasteiger partial charge in [-0.05, 0) is 23.4 Å². The Bertz CT molecular complexity index is 546. The highest BCUT2D eigenvalue weighted by Crippen LogP contribution is 2.37. The molecule has 0 amide bonds. The number of hydrogen-bond donors (Lipinski definition) is 1. The first-order valence-electron chi connectivity index (χ1n) is 5.75. The van der Waals surface area contributed by atoms with Gasteiger partial charge in [0.15, 0.2) is 0 Å². The van der Waals surface area contributed by atoms with Gasteiger partial charge in [-0.15, -0.1) is 0 Å². The molecule has 1 N–H and O–H groups in total. The van der Waals surface area contributed by atoms with Gasteiger partial charge in [-0.3, -0.25) is 0 Å². The number of benzene rings is 2. The molecule has 0 fully saturated rings. The first kappa shape index (κ1) is 9.52. The molecule has 0 saturated heterocycles. The Morgan fingerprint density at radius 3 is 2.69 bits per heavy atom. The van der Waals surface area contributed by atoms with Gasteiger partial charge in [0.2, 0.25) is 0 Å². The number of hydrogen-bond acceptors (Lipinski definition) is 2. The Labute approximate surface area is 95.9 Å². The van der Waals surface area contributed by atoms with E-state index in [1.54, 1.807) is 0 Å². The second-order valence-electron chi connectivity index (χ2n) is 4.39. The maximum Gasteiger partial charge on any atom is 0.0438 e. The molecule has 16 heavy (non-hydrogen) atoms. The van der Waals surface area contributed by atoms with E-state index in [4.69, 9.17) is 0 Å².